The van der Waals surface area contributed by atoms with Gasteiger partial charge in [-0.2, -0.15) is 17.5 Å². The molecule has 1 aromatic rings. The Hall–Kier alpha value is -1.55. The van der Waals surface area contributed by atoms with Crippen LogP contribution in [-0.2, 0) is 26.1 Å². The largest absolute Gasteiger partial charge is 0.511 e. The van der Waals surface area contributed by atoms with Gasteiger partial charge in [-0.3, -0.25) is 4.79 Å². The molecule has 0 radical (unpaired) electrons. The summed E-state index contributed by atoms with van der Waals surface area (Å²) in [5.74, 6) is -1.12. The topological polar surface area (TPSA) is 76.8 Å². The second kappa shape index (κ2) is 6.29. The summed E-state index contributed by atoms with van der Waals surface area (Å²) in [6.45, 7) is 2.74. The minimum atomic E-state index is -5.69. The van der Waals surface area contributed by atoms with Crippen molar-refractivity contribution >= 4 is 16.0 Å². The van der Waals surface area contributed by atoms with Gasteiger partial charge < -0.3 is 9.15 Å². The number of halogens is 3. The zero-order valence-corrected chi connectivity index (χ0v) is 13.0. The van der Waals surface area contributed by atoms with Gasteiger partial charge in [0.25, 0.3) is 0 Å². The first-order valence-electron chi connectivity index (χ1n) is 6.13. The van der Waals surface area contributed by atoms with E-state index in [0.717, 1.165) is 0 Å². The number of alkyl halides is 3. The minimum absolute atomic E-state index is 0.0279. The maximum atomic E-state index is 12.7. The van der Waals surface area contributed by atoms with Crippen molar-refractivity contribution in [2.24, 2.45) is 0 Å². The van der Waals surface area contributed by atoms with Gasteiger partial charge in [-0.1, -0.05) is 0 Å². The van der Waals surface area contributed by atoms with E-state index in [1.807, 2.05) is 0 Å². The lowest BCUT2D eigenvalue weighted by Gasteiger charge is -2.24. The van der Waals surface area contributed by atoms with E-state index in [1.54, 1.807) is 0 Å². The van der Waals surface area contributed by atoms with Crippen LogP contribution in [-0.4, -0.2) is 36.3 Å². The van der Waals surface area contributed by atoms with Gasteiger partial charge in [0.05, 0.1) is 12.8 Å². The molecule has 0 saturated heterocycles. The molecule has 0 amide bonds. The lowest BCUT2D eigenvalue weighted by atomic mass is 10.2. The quantitative estimate of drug-likeness (QED) is 0.767. The summed E-state index contributed by atoms with van der Waals surface area (Å²) < 4.78 is 70.8. The molecule has 126 valence electrons. The molecule has 0 aromatic carbocycles. The van der Waals surface area contributed by atoms with Crippen LogP contribution in [0, 0.1) is 0 Å². The molecule has 0 spiro atoms. The molecule has 0 aliphatic rings. The third kappa shape index (κ3) is 5.02. The molecular formula is C12H16F3NO5S. The van der Waals surface area contributed by atoms with E-state index in [1.165, 1.54) is 39.2 Å². The number of ether oxygens (including phenoxy) is 1. The zero-order valence-electron chi connectivity index (χ0n) is 12.2. The molecule has 1 heterocycles. The first-order valence-corrected chi connectivity index (χ1v) is 7.57. The summed E-state index contributed by atoms with van der Waals surface area (Å²) in [6.07, 6.45) is 1.18. The lowest BCUT2D eigenvalue weighted by Crippen LogP contribution is -2.44. The SMILES string of the molecule is CC(C)(C)OC(=O)CN(Cc1ccco1)S(=O)(=O)C(F)(F)F. The minimum Gasteiger partial charge on any atom is -0.468 e. The van der Waals surface area contributed by atoms with Gasteiger partial charge in [-0.05, 0) is 32.9 Å². The Labute approximate surface area is 125 Å². The maximum Gasteiger partial charge on any atom is 0.511 e. The van der Waals surface area contributed by atoms with Crippen LogP contribution >= 0.6 is 0 Å². The predicted molar refractivity (Wildman–Crippen MR) is 69.9 cm³/mol. The summed E-state index contributed by atoms with van der Waals surface area (Å²) in [4.78, 5) is 11.6. The number of esters is 1. The molecule has 0 N–H and O–H groups in total. The van der Waals surface area contributed by atoms with Crippen molar-refractivity contribution in [2.45, 2.75) is 38.4 Å². The summed E-state index contributed by atoms with van der Waals surface area (Å²) in [7, 11) is -5.69. The van der Waals surface area contributed by atoms with Crippen LogP contribution in [0.2, 0.25) is 0 Å². The van der Waals surface area contributed by atoms with Crippen molar-refractivity contribution in [2.75, 3.05) is 6.54 Å². The Balaban J connectivity index is 3.00. The molecular weight excluding hydrogens is 327 g/mol. The van der Waals surface area contributed by atoms with Crippen LogP contribution in [0.4, 0.5) is 13.2 Å². The lowest BCUT2D eigenvalue weighted by molar-refractivity contribution is -0.155. The molecule has 0 fully saturated rings. The zero-order chi connectivity index (χ0) is 17.2. The normalized spacial score (nSPS) is 13.4. The van der Waals surface area contributed by atoms with Gasteiger partial charge in [0, 0.05) is 0 Å². The van der Waals surface area contributed by atoms with E-state index in [4.69, 9.17) is 9.15 Å². The second-order valence-electron chi connectivity index (χ2n) is 5.38. The Morgan fingerprint density at radius 2 is 1.91 bits per heavy atom. The average molecular weight is 343 g/mol. The van der Waals surface area contributed by atoms with Gasteiger partial charge in [0.2, 0.25) is 0 Å². The fourth-order valence-electron chi connectivity index (χ4n) is 1.47. The van der Waals surface area contributed by atoms with Crippen LogP contribution in [0.15, 0.2) is 22.8 Å². The first kappa shape index (κ1) is 18.5. The van der Waals surface area contributed by atoms with Gasteiger partial charge in [-0.25, -0.2) is 8.42 Å². The number of rotatable bonds is 5. The second-order valence-corrected chi connectivity index (χ2v) is 7.31. The Bertz CT molecular complexity index is 602. The molecule has 10 heteroatoms. The molecule has 0 aliphatic heterocycles. The molecule has 0 aliphatic carbocycles. The van der Waals surface area contributed by atoms with Crippen molar-refractivity contribution < 1.29 is 35.5 Å². The van der Waals surface area contributed by atoms with Crippen LogP contribution in [0.3, 0.4) is 0 Å². The summed E-state index contributed by atoms with van der Waals surface area (Å²) in [5, 5.41) is 0. The molecule has 0 saturated carbocycles. The Morgan fingerprint density at radius 3 is 2.32 bits per heavy atom. The van der Waals surface area contributed by atoms with E-state index in [0.29, 0.717) is 0 Å². The average Bonchev–Trinajstić information content (AvgIpc) is 2.76. The van der Waals surface area contributed by atoms with Crippen molar-refractivity contribution in [3.8, 4) is 0 Å². The van der Waals surface area contributed by atoms with Crippen LogP contribution in [0.1, 0.15) is 26.5 Å². The standard InChI is InChI=1S/C12H16F3NO5S/c1-11(2,3)21-10(17)8-16(7-9-5-4-6-20-9)22(18,19)12(13,14)15/h4-6H,7-8H2,1-3H3. The van der Waals surface area contributed by atoms with E-state index in [9.17, 15) is 26.4 Å². The highest BCUT2D eigenvalue weighted by atomic mass is 32.2. The molecule has 1 aromatic heterocycles. The third-order valence-electron chi connectivity index (χ3n) is 2.27. The number of sulfonamides is 1. The van der Waals surface area contributed by atoms with Crippen molar-refractivity contribution in [3.05, 3.63) is 24.2 Å². The highest BCUT2D eigenvalue weighted by Crippen LogP contribution is 2.28. The van der Waals surface area contributed by atoms with Crippen molar-refractivity contribution in [3.63, 3.8) is 0 Å². The van der Waals surface area contributed by atoms with E-state index in [-0.39, 0.29) is 10.1 Å². The molecule has 1 rings (SSSR count). The fourth-order valence-corrected chi connectivity index (χ4v) is 2.33. The number of carbonyl (C=O) groups is 1. The van der Waals surface area contributed by atoms with Crippen LogP contribution < -0.4 is 0 Å². The molecule has 22 heavy (non-hydrogen) atoms. The monoisotopic (exact) mass is 343 g/mol. The van der Waals surface area contributed by atoms with Gasteiger partial charge in [-0.15, -0.1) is 0 Å². The Morgan fingerprint density at radius 1 is 1.32 bits per heavy atom. The van der Waals surface area contributed by atoms with Crippen molar-refractivity contribution in [1.29, 1.82) is 0 Å². The van der Waals surface area contributed by atoms with E-state index >= 15 is 0 Å². The van der Waals surface area contributed by atoms with Gasteiger partial charge >= 0.3 is 21.5 Å². The first-order chi connectivity index (χ1) is 9.83. The Kier molecular flexibility index (Phi) is 5.29. The molecule has 0 atom stereocenters. The number of hydrogen-bond acceptors (Lipinski definition) is 5. The summed E-state index contributed by atoms with van der Waals surface area (Å²) in [5.41, 5.74) is -6.48. The van der Waals surface area contributed by atoms with Crippen LogP contribution in [0.25, 0.3) is 0 Å². The van der Waals surface area contributed by atoms with E-state index in [2.05, 4.69) is 0 Å². The fraction of sp³-hybridized carbons (Fsp3) is 0.583. The molecule has 6 nitrogen and oxygen atoms in total. The highest BCUT2D eigenvalue weighted by molar-refractivity contribution is 7.90. The number of carbonyl (C=O) groups excluding carboxylic acids is 1. The van der Waals surface area contributed by atoms with Crippen molar-refractivity contribution in [1.82, 2.24) is 4.31 Å². The third-order valence-corrected chi connectivity index (χ3v) is 3.79. The number of hydrogen-bond donors (Lipinski definition) is 0. The van der Waals surface area contributed by atoms with E-state index < -0.39 is 40.2 Å². The van der Waals surface area contributed by atoms with Gasteiger partial charge in [0.1, 0.15) is 17.9 Å². The van der Waals surface area contributed by atoms with Gasteiger partial charge in [0.15, 0.2) is 0 Å². The smallest absolute Gasteiger partial charge is 0.468 e. The predicted octanol–water partition coefficient (Wildman–Crippen LogP) is 2.27. The number of nitrogens with zero attached hydrogens (tertiary/aromatic N) is 1. The summed E-state index contributed by atoms with van der Waals surface area (Å²) >= 11 is 0. The highest BCUT2D eigenvalue weighted by Gasteiger charge is 2.50. The maximum absolute atomic E-state index is 12.7. The molecule has 0 unspecified atom stereocenters. The summed E-state index contributed by atoms with van der Waals surface area (Å²) in [6, 6.07) is 2.69. The van der Waals surface area contributed by atoms with Crippen LogP contribution in [0.5, 0.6) is 0 Å². The number of furan rings is 1. The molecule has 0 bridgehead atoms.